The van der Waals surface area contributed by atoms with Crippen molar-refractivity contribution in [1.29, 1.82) is 0 Å². The van der Waals surface area contributed by atoms with Crippen molar-refractivity contribution in [2.24, 2.45) is 11.7 Å². The quantitative estimate of drug-likeness (QED) is 0.584. The van der Waals surface area contributed by atoms with Gasteiger partial charge in [0, 0.05) is 10.6 Å². The standard InChI is InChI=1S/C15H20Cl2FN/c1-15(19,10-6-4-2-3-5-7-10)11-8-14(18)13(17)9-12(11)16/h8-10H,2-7,19H2,1H3. The fraction of sp³-hybridized carbons (Fsp3) is 0.600. The molecule has 2 N–H and O–H groups in total. The molecule has 0 radical (unpaired) electrons. The lowest BCUT2D eigenvalue weighted by molar-refractivity contribution is 0.268. The van der Waals surface area contributed by atoms with Crippen LogP contribution in [0.3, 0.4) is 0 Å². The van der Waals surface area contributed by atoms with Gasteiger partial charge in [-0.2, -0.15) is 0 Å². The lowest BCUT2D eigenvalue weighted by Gasteiger charge is -2.35. The van der Waals surface area contributed by atoms with Crippen LogP contribution in [-0.4, -0.2) is 0 Å². The number of nitrogens with two attached hydrogens (primary N) is 1. The summed E-state index contributed by atoms with van der Waals surface area (Å²) in [5.74, 6) is -0.112. The molecule has 1 aromatic rings. The first-order valence-corrected chi connectivity index (χ1v) is 7.62. The summed E-state index contributed by atoms with van der Waals surface area (Å²) in [6, 6.07) is 2.85. The van der Waals surface area contributed by atoms with Crippen LogP contribution in [0.25, 0.3) is 0 Å². The van der Waals surface area contributed by atoms with Gasteiger partial charge in [0.25, 0.3) is 0 Å². The average molecular weight is 304 g/mol. The molecular formula is C15H20Cl2FN. The Kier molecular flexibility index (Phi) is 4.75. The van der Waals surface area contributed by atoms with Crippen molar-refractivity contribution in [2.45, 2.75) is 51.0 Å². The number of rotatable bonds is 2. The van der Waals surface area contributed by atoms with Gasteiger partial charge >= 0.3 is 0 Å². The molecule has 1 fully saturated rings. The normalized spacial score (nSPS) is 20.9. The van der Waals surface area contributed by atoms with Crippen molar-refractivity contribution in [3.63, 3.8) is 0 Å². The minimum Gasteiger partial charge on any atom is -0.321 e. The van der Waals surface area contributed by atoms with Gasteiger partial charge in [0.15, 0.2) is 0 Å². The molecule has 0 aliphatic heterocycles. The van der Waals surface area contributed by atoms with Crippen LogP contribution in [0.2, 0.25) is 10.0 Å². The second-order valence-corrected chi connectivity index (χ2v) is 6.53. The molecule has 1 aliphatic rings. The Morgan fingerprint density at radius 1 is 1.11 bits per heavy atom. The van der Waals surface area contributed by atoms with E-state index in [-0.39, 0.29) is 5.02 Å². The van der Waals surface area contributed by atoms with Gasteiger partial charge in [-0.05, 0) is 43.4 Å². The van der Waals surface area contributed by atoms with Crippen LogP contribution >= 0.6 is 23.2 Å². The summed E-state index contributed by atoms with van der Waals surface area (Å²) < 4.78 is 13.7. The molecule has 0 heterocycles. The van der Waals surface area contributed by atoms with Gasteiger partial charge in [-0.25, -0.2) is 4.39 Å². The third kappa shape index (κ3) is 3.24. The van der Waals surface area contributed by atoms with E-state index in [1.165, 1.54) is 37.8 Å². The zero-order valence-electron chi connectivity index (χ0n) is 11.2. The van der Waals surface area contributed by atoms with Gasteiger partial charge < -0.3 is 5.73 Å². The van der Waals surface area contributed by atoms with Crippen molar-refractivity contribution in [2.75, 3.05) is 0 Å². The molecule has 0 saturated heterocycles. The highest BCUT2D eigenvalue weighted by molar-refractivity contribution is 6.35. The Morgan fingerprint density at radius 2 is 1.68 bits per heavy atom. The summed E-state index contributed by atoms with van der Waals surface area (Å²) in [6.45, 7) is 1.96. The summed E-state index contributed by atoms with van der Waals surface area (Å²) >= 11 is 12.0. The van der Waals surface area contributed by atoms with Crippen molar-refractivity contribution in [3.05, 3.63) is 33.6 Å². The lowest BCUT2D eigenvalue weighted by atomic mass is 9.76. The van der Waals surface area contributed by atoms with E-state index in [0.717, 1.165) is 12.8 Å². The molecule has 1 aromatic carbocycles. The van der Waals surface area contributed by atoms with Crippen LogP contribution in [0.5, 0.6) is 0 Å². The maximum Gasteiger partial charge on any atom is 0.142 e. The molecule has 0 bridgehead atoms. The highest BCUT2D eigenvalue weighted by Crippen LogP contribution is 2.40. The molecule has 4 heteroatoms. The smallest absolute Gasteiger partial charge is 0.142 e. The van der Waals surface area contributed by atoms with E-state index in [9.17, 15) is 4.39 Å². The first kappa shape index (κ1) is 15.1. The Morgan fingerprint density at radius 3 is 2.26 bits per heavy atom. The average Bonchev–Trinajstić information content (AvgIpc) is 2.62. The second kappa shape index (κ2) is 5.99. The number of benzene rings is 1. The SMILES string of the molecule is CC(N)(c1cc(F)c(Cl)cc1Cl)C1CCCCCC1. The molecule has 1 unspecified atom stereocenters. The maximum atomic E-state index is 13.7. The summed E-state index contributed by atoms with van der Waals surface area (Å²) in [6.07, 6.45) is 7.04. The molecule has 1 nitrogen and oxygen atoms in total. The molecule has 0 amide bonds. The van der Waals surface area contributed by atoms with Crippen molar-refractivity contribution >= 4 is 23.2 Å². The van der Waals surface area contributed by atoms with Crippen LogP contribution in [0.1, 0.15) is 51.0 Å². The molecule has 2 rings (SSSR count). The molecule has 106 valence electrons. The Hall–Kier alpha value is -0.310. The Balaban J connectivity index is 2.34. The van der Waals surface area contributed by atoms with Crippen LogP contribution in [0, 0.1) is 11.7 Å². The molecule has 0 spiro atoms. The molecule has 1 aliphatic carbocycles. The van der Waals surface area contributed by atoms with Crippen LogP contribution in [0.15, 0.2) is 12.1 Å². The third-order valence-corrected chi connectivity index (χ3v) is 4.90. The van der Waals surface area contributed by atoms with E-state index in [1.807, 2.05) is 6.92 Å². The third-order valence-electron chi connectivity index (χ3n) is 4.29. The van der Waals surface area contributed by atoms with Gasteiger partial charge in [-0.1, -0.05) is 48.9 Å². The van der Waals surface area contributed by atoms with Crippen molar-refractivity contribution in [1.82, 2.24) is 0 Å². The van der Waals surface area contributed by atoms with E-state index < -0.39 is 11.4 Å². The fourth-order valence-electron chi connectivity index (χ4n) is 3.03. The number of halogens is 3. The molecule has 1 atom stereocenters. The van der Waals surface area contributed by atoms with E-state index in [4.69, 9.17) is 28.9 Å². The zero-order chi connectivity index (χ0) is 14.0. The van der Waals surface area contributed by atoms with Gasteiger partial charge in [0.05, 0.1) is 5.02 Å². The fourth-order valence-corrected chi connectivity index (χ4v) is 3.62. The van der Waals surface area contributed by atoms with Gasteiger partial charge in [-0.3, -0.25) is 0 Å². The Bertz CT molecular complexity index is 452. The van der Waals surface area contributed by atoms with E-state index >= 15 is 0 Å². The predicted molar refractivity (Wildman–Crippen MR) is 79.2 cm³/mol. The first-order chi connectivity index (χ1) is 8.93. The van der Waals surface area contributed by atoms with E-state index in [1.54, 1.807) is 0 Å². The second-order valence-electron chi connectivity index (χ2n) is 5.72. The van der Waals surface area contributed by atoms with Crippen molar-refractivity contribution in [3.8, 4) is 0 Å². The lowest BCUT2D eigenvalue weighted by Crippen LogP contribution is -2.41. The minimum atomic E-state index is -0.604. The Labute approximate surface area is 124 Å². The predicted octanol–water partition coefficient (Wildman–Crippen LogP) is 5.28. The summed E-state index contributed by atoms with van der Waals surface area (Å²) in [5.41, 5.74) is 6.57. The molecule has 0 aromatic heterocycles. The minimum absolute atomic E-state index is 0.0467. The van der Waals surface area contributed by atoms with Crippen LogP contribution in [-0.2, 0) is 5.54 Å². The molecule has 1 saturated carbocycles. The molecule has 19 heavy (non-hydrogen) atoms. The van der Waals surface area contributed by atoms with Gasteiger partial charge in [0.2, 0.25) is 0 Å². The highest BCUT2D eigenvalue weighted by atomic mass is 35.5. The topological polar surface area (TPSA) is 26.0 Å². The van der Waals surface area contributed by atoms with E-state index in [2.05, 4.69) is 0 Å². The van der Waals surface area contributed by atoms with Gasteiger partial charge in [-0.15, -0.1) is 0 Å². The molecular weight excluding hydrogens is 284 g/mol. The zero-order valence-corrected chi connectivity index (χ0v) is 12.7. The highest BCUT2D eigenvalue weighted by Gasteiger charge is 2.34. The van der Waals surface area contributed by atoms with Crippen LogP contribution < -0.4 is 5.73 Å². The maximum absolute atomic E-state index is 13.7. The summed E-state index contributed by atoms with van der Waals surface area (Å²) in [5, 5.41) is 0.506. The van der Waals surface area contributed by atoms with Gasteiger partial charge in [0.1, 0.15) is 5.82 Å². The number of hydrogen-bond acceptors (Lipinski definition) is 1. The number of hydrogen-bond donors (Lipinski definition) is 1. The monoisotopic (exact) mass is 303 g/mol. The summed E-state index contributed by atoms with van der Waals surface area (Å²) in [7, 11) is 0. The summed E-state index contributed by atoms with van der Waals surface area (Å²) in [4.78, 5) is 0. The van der Waals surface area contributed by atoms with Crippen molar-refractivity contribution < 1.29 is 4.39 Å². The van der Waals surface area contributed by atoms with Crippen LogP contribution in [0.4, 0.5) is 4.39 Å². The largest absolute Gasteiger partial charge is 0.321 e. The van der Waals surface area contributed by atoms with E-state index in [0.29, 0.717) is 16.5 Å². The first-order valence-electron chi connectivity index (χ1n) is 6.87.